The summed E-state index contributed by atoms with van der Waals surface area (Å²) in [7, 11) is 0. The molecule has 0 unspecified atom stereocenters. The number of hydrogen-bond acceptors (Lipinski definition) is 4. The van der Waals surface area contributed by atoms with Gasteiger partial charge in [0.05, 0.1) is 6.61 Å². The van der Waals surface area contributed by atoms with Crippen LogP contribution in [-0.4, -0.2) is 47.4 Å². The SMILES string of the molecule is CC(C)(Oc1cccc([C@@H]2CCCN(C(=O)OCC3CCCCC3)C2)c1)C(=O)O. The third-order valence-electron chi connectivity index (χ3n) is 6.06. The second-order valence-corrected chi connectivity index (χ2v) is 8.86. The van der Waals surface area contributed by atoms with Crippen LogP contribution >= 0.6 is 0 Å². The molecule has 0 radical (unpaired) electrons. The minimum absolute atomic E-state index is 0.197. The van der Waals surface area contributed by atoms with Gasteiger partial charge in [-0.3, -0.25) is 0 Å². The average Bonchev–Trinajstić information content (AvgIpc) is 2.72. The van der Waals surface area contributed by atoms with Crippen molar-refractivity contribution in [2.24, 2.45) is 5.92 Å². The molecule has 1 saturated carbocycles. The molecule has 2 fully saturated rings. The molecule has 3 rings (SSSR count). The lowest BCUT2D eigenvalue weighted by Gasteiger charge is -2.33. The summed E-state index contributed by atoms with van der Waals surface area (Å²) in [6.07, 6.45) is 7.80. The lowest BCUT2D eigenvalue weighted by Crippen LogP contribution is -2.40. The van der Waals surface area contributed by atoms with Crippen LogP contribution in [0.4, 0.5) is 4.79 Å². The zero-order valence-corrected chi connectivity index (χ0v) is 17.6. The van der Waals surface area contributed by atoms with Crippen LogP contribution in [0.25, 0.3) is 0 Å². The fourth-order valence-corrected chi connectivity index (χ4v) is 4.22. The van der Waals surface area contributed by atoms with E-state index in [1.807, 2.05) is 23.1 Å². The van der Waals surface area contributed by atoms with Gasteiger partial charge in [-0.25, -0.2) is 9.59 Å². The molecular formula is C23H33NO5. The maximum absolute atomic E-state index is 12.6. The van der Waals surface area contributed by atoms with Gasteiger partial charge in [0.1, 0.15) is 5.75 Å². The third-order valence-corrected chi connectivity index (χ3v) is 6.06. The molecule has 1 atom stereocenters. The van der Waals surface area contributed by atoms with Crippen LogP contribution < -0.4 is 4.74 Å². The number of carbonyl (C=O) groups is 2. The summed E-state index contributed by atoms with van der Waals surface area (Å²) in [5, 5.41) is 9.28. The van der Waals surface area contributed by atoms with Gasteiger partial charge in [0, 0.05) is 19.0 Å². The van der Waals surface area contributed by atoms with Gasteiger partial charge in [-0.1, -0.05) is 31.4 Å². The molecule has 0 spiro atoms. The first-order valence-corrected chi connectivity index (χ1v) is 10.8. The molecule has 0 aromatic heterocycles. The molecule has 0 bridgehead atoms. The van der Waals surface area contributed by atoms with Crippen molar-refractivity contribution in [1.82, 2.24) is 4.90 Å². The molecule has 1 saturated heterocycles. The third kappa shape index (κ3) is 5.87. The minimum Gasteiger partial charge on any atom is -0.478 e. The Labute approximate surface area is 173 Å². The van der Waals surface area contributed by atoms with Gasteiger partial charge in [-0.15, -0.1) is 0 Å². The molecule has 160 valence electrons. The van der Waals surface area contributed by atoms with Crippen LogP contribution in [0.5, 0.6) is 5.75 Å². The smallest absolute Gasteiger partial charge is 0.409 e. The first-order valence-electron chi connectivity index (χ1n) is 10.8. The molecule has 29 heavy (non-hydrogen) atoms. The Morgan fingerprint density at radius 3 is 2.62 bits per heavy atom. The normalized spacial score (nSPS) is 20.9. The number of carbonyl (C=O) groups excluding carboxylic acids is 1. The first-order chi connectivity index (χ1) is 13.8. The second-order valence-electron chi connectivity index (χ2n) is 8.86. The van der Waals surface area contributed by atoms with E-state index in [1.165, 1.54) is 33.1 Å². The maximum Gasteiger partial charge on any atom is 0.409 e. The fraction of sp³-hybridized carbons (Fsp3) is 0.652. The molecule has 1 amide bonds. The molecule has 1 aliphatic carbocycles. The number of carboxylic acid groups (broad SMARTS) is 1. The van der Waals surface area contributed by atoms with Crippen LogP contribution in [-0.2, 0) is 9.53 Å². The van der Waals surface area contributed by atoms with E-state index in [1.54, 1.807) is 6.07 Å². The predicted molar refractivity (Wildman–Crippen MR) is 110 cm³/mol. The highest BCUT2D eigenvalue weighted by Crippen LogP contribution is 2.31. The van der Waals surface area contributed by atoms with Crippen LogP contribution in [0.15, 0.2) is 24.3 Å². The molecule has 1 aliphatic heterocycles. The average molecular weight is 404 g/mol. The van der Waals surface area contributed by atoms with Gasteiger partial charge < -0.3 is 19.5 Å². The highest BCUT2D eigenvalue weighted by Gasteiger charge is 2.30. The van der Waals surface area contributed by atoms with Crippen molar-refractivity contribution in [2.75, 3.05) is 19.7 Å². The number of aliphatic carboxylic acids is 1. The lowest BCUT2D eigenvalue weighted by molar-refractivity contribution is -0.152. The number of likely N-dealkylation sites (tertiary alicyclic amines) is 1. The monoisotopic (exact) mass is 403 g/mol. The number of benzene rings is 1. The number of rotatable bonds is 6. The Bertz CT molecular complexity index is 711. The molecule has 2 aliphatic rings. The van der Waals surface area contributed by atoms with Crippen LogP contribution in [0.3, 0.4) is 0 Å². The Hall–Kier alpha value is -2.24. The van der Waals surface area contributed by atoms with Gasteiger partial charge in [0.2, 0.25) is 0 Å². The van der Waals surface area contributed by atoms with E-state index in [9.17, 15) is 14.7 Å². The highest BCUT2D eigenvalue weighted by molar-refractivity contribution is 5.76. The van der Waals surface area contributed by atoms with Crippen molar-refractivity contribution in [1.29, 1.82) is 0 Å². The van der Waals surface area contributed by atoms with E-state index in [4.69, 9.17) is 9.47 Å². The minimum atomic E-state index is -1.29. The van der Waals surface area contributed by atoms with Crippen molar-refractivity contribution >= 4 is 12.1 Å². The summed E-state index contributed by atoms with van der Waals surface area (Å²) >= 11 is 0. The first kappa shape index (κ1) is 21.5. The van der Waals surface area contributed by atoms with Gasteiger partial charge in [0.15, 0.2) is 5.60 Å². The summed E-state index contributed by atoms with van der Waals surface area (Å²) in [5.74, 6) is 0.238. The molecule has 1 aromatic rings. The van der Waals surface area contributed by atoms with Crippen molar-refractivity contribution in [3.63, 3.8) is 0 Å². The summed E-state index contributed by atoms with van der Waals surface area (Å²) < 4.78 is 11.3. The van der Waals surface area contributed by atoms with Gasteiger partial charge >= 0.3 is 12.1 Å². The van der Waals surface area contributed by atoms with Gasteiger partial charge in [0.25, 0.3) is 0 Å². The Morgan fingerprint density at radius 1 is 1.14 bits per heavy atom. The molecule has 6 nitrogen and oxygen atoms in total. The fourth-order valence-electron chi connectivity index (χ4n) is 4.22. The summed E-state index contributed by atoms with van der Waals surface area (Å²) in [6, 6.07) is 7.56. The quantitative estimate of drug-likeness (QED) is 0.737. The number of hydrogen-bond donors (Lipinski definition) is 1. The zero-order chi connectivity index (χ0) is 20.9. The lowest BCUT2D eigenvalue weighted by atomic mass is 9.90. The molecular weight excluding hydrogens is 370 g/mol. The standard InChI is InChI=1S/C23H33NO5/c1-23(2,21(25)26)29-20-12-6-10-18(14-20)19-11-7-13-24(15-19)22(27)28-16-17-8-4-3-5-9-17/h6,10,12,14,17,19H,3-5,7-9,11,13,15-16H2,1-2H3,(H,25,26)/t19-/m1/s1. The molecule has 6 heteroatoms. The summed E-state index contributed by atoms with van der Waals surface area (Å²) in [6.45, 7) is 4.95. The highest BCUT2D eigenvalue weighted by atomic mass is 16.6. The summed E-state index contributed by atoms with van der Waals surface area (Å²) in [5.41, 5.74) is -0.228. The van der Waals surface area contributed by atoms with Crippen molar-refractivity contribution in [3.8, 4) is 5.75 Å². The van der Waals surface area contributed by atoms with Crippen molar-refractivity contribution < 1.29 is 24.2 Å². The van der Waals surface area contributed by atoms with Crippen molar-refractivity contribution in [2.45, 2.75) is 70.3 Å². The topological polar surface area (TPSA) is 76.1 Å². The van der Waals surface area contributed by atoms with E-state index >= 15 is 0 Å². The van der Waals surface area contributed by atoms with E-state index in [2.05, 4.69) is 0 Å². The molecule has 1 N–H and O–H groups in total. The number of nitrogens with zero attached hydrogens (tertiary/aromatic N) is 1. The zero-order valence-electron chi connectivity index (χ0n) is 17.6. The molecule has 1 aromatic carbocycles. The predicted octanol–water partition coefficient (Wildman–Crippen LogP) is 4.82. The summed E-state index contributed by atoms with van der Waals surface area (Å²) in [4.78, 5) is 25.7. The van der Waals surface area contributed by atoms with E-state index in [-0.39, 0.29) is 12.0 Å². The van der Waals surface area contributed by atoms with Crippen LogP contribution in [0.1, 0.15) is 70.3 Å². The van der Waals surface area contributed by atoms with Gasteiger partial charge in [-0.05, 0) is 63.1 Å². The second kappa shape index (κ2) is 9.51. The van der Waals surface area contributed by atoms with Crippen molar-refractivity contribution in [3.05, 3.63) is 29.8 Å². The Morgan fingerprint density at radius 2 is 1.90 bits per heavy atom. The molecule has 1 heterocycles. The number of piperidine rings is 1. The number of ether oxygens (including phenoxy) is 2. The number of carboxylic acids is 1. The van der Waals surface area contributed by atoms with E-state index < -0.39 is 11.6 Å². The van der Waals surface area contributed by atoms with Crippen LogP contribution in [0.2, 0.25) is 0 Å². The van der Waals surface area contributed by atoms with Crippen LogP contribution in [0, 0.1) is 5.92 Å². The number of amides is 1. The van der Waals surface area contributed by atoms with Gasteiger partial charge in [-0.2, -0.15) is 0 Å². The largest absolute Gasteiger partial charge is 0.478 e. The maximum atomic E-state index is 12.6. The van der Waals surface area contributed by atoms with E-state index in [0.29, 0.717) is 24.8 Å². The Kier molecular flexibility index (Phi) is 7.04. The van der Waals surface area contributed by atoms with E-state index in [0.717, 1.165) is 37.8 Å². The Balaban J connectivity index is 1.57.